The van der Waals surface area contributed by atoms with E-state index in [1.165, 1.54) is 10.5 Å². The zero-order valence-corrected chi connectivity index (χ0v) is 16.7. The van der Waals surface area contributed by atoms with Crippen LogP contribution in [0.25, 0.3) is 11.3 Å². The van der Waals surface area contributed by atoms with E-state index in [4.69, 9.17) is 16.3 Å². The Balaban J connectivity index is 1.74. The fourth-order valence-corrected chi connectivity index (χ4v) is 4.51. The summed E-state index contributed by atoms with van der Waals surface area (Å²) in [6.45, 7) is 2.06. The van der Waals surface area contributed by atoms with Crippen molar-refractivity contribution >= 4 is 35.0 Å². The monoisotopic (exact) mass is 399 g/mol. The fourth-order valence-electron chi connectivity index (χ4n) is 3.29. The van der Waals surface area contributed by atoms with Crippen molar-refractivity contribution in [3.63, 3.8) is 0 Å². The number of methoxy groups -OCH3 is 1. The van der Waals surface area contributed by atoms with Crippen LogP contribution < -0.4 is 10.1 Å². The summed E-state index contributed by atoms with van der Waals surface area (Å²) in [5.74, 6) is 0.978. The zero-order valence-electron chi connectivity index (χ0n) is 15.2. The van der Waals surface area contributed by atoms with Gasteiger partial charge in [-0.05, 0) is 37.3 Å². The number of halogens is 1. The van der Waals surface area contributed by atoms with Gasteiger partial charge in [-0.1, -0.05) is 23.2 Å². The molecule has 0 unspecified atom stereocenters. The molecule has 2 heterocycles. The molecule has 0 atom stereocenters. The fraction of sp³-hybridized carbons (Fsp3) is 0.200. The van der Waals surface area contributed by atoms with Crippen molar-refractivity contribution in [2.45, 2.75) is 17.6 Å². The highest BCUT2D eigenvalue weighted by Gasteiger charge is 2.28. The van der Waals surface area contributed by atoms with Crippen molar-refractivity contribution in [1.29, 1.82) is 0 Å². The van der Waals surface area contributed by atoms with E-state index in [9.17, 15) is 4.79 Å². The SMILES string of the molecule is COc1ccc(Cl)cc1NC(=O)c1nn(C)c2c1CSc1ccc(C)cc1-2. The van der Waals surface area contributed by atoms with Gasteiger partial charge in [0.05, 0.1) is 18.5 Å². The number of hydrogen-bond acceptors (Lipinski definition) is 4. The third-order valence-corrected chi connectivity index (χ3v) is 5.87. The summed E-state index contributed by atoms with van der Waals surface area (Å²) in [6, 6.07) is 11.5. The number of carbonyl (C=O) groups excluding carboxylic acids is 1. The van der Waals surface area contributed by atoms with Gasteiger partial charge in [-0.3, -0.25) is 9.48 Å². The predicted molar refractivity (Wildman–Crippen MR) is 109 cm³/mol. The van der Waals surface area contributed by atoms with E-state index >= 15 is 0 Å². The van der Waals surface area contributed by atoms with E-state index in [-0.39, 0.29) is 5.91 Å². The maximum Gasteiger partial charge on any atom is 0.276 e. The first-order valence-electron chi connectivity index (χ1n) is 8.42. The normalized spacial score (nSPS) is 12.3. The number of carbonyl (C=O) groups is 1. The number of benzene rings is 2. The molecule has 0 fully saturated rings. The van der Waals surface area contributed by atoms with Crippen molar-refractivity contribution in [2.24, 2.45) is 7.05 Å². The van der Waals surface area contributed by atoms with Crippen molar-refractivity contribution in [2.75, 3.05) is 12.4 Å². The van der Waals surface area contributed by atoms with Gasteiger partial charge in [0.1, 0.15) is 5.75 Å². The summed E-state index contributed by atoms with van der Waals surface area (Å²) in [4.78, 5) is 14.2. The molecule has 1 N–H and O–H groups in total. The molecule has 0 spiro atoms. The maximum atomic E-state index is 13.0. The minimum Gasteiger partial charge on any atom is -0.495 e. The lowest BCUT2D eigenvalue weighted by atomic mass is 10.0. The van der Waals surface area contributed by atoms with Gasteiger partial charge in [-0.15, -0.1) is 11.8 Å². The molecule has 0 aliphatic carbocycles. The molecule has 1 aliphatic rings. The molecule has 4 rings (SSSR count). The van der Waals surface area contributed by atoms with Gasteiger partial charge in [0.15, 0.2) is 5.69 Å². The van der Waals surface area contributed by atoms with Crippen LogP contribution >= 0.6 is 23.4 Å². The van der Waals surface area contributed by atoms with Crippen LogP contribution in [0, 0.1) is 6.92 Å². The minimum atomic E-state index is -0.274. The number of thioether (sulfide) groups is 1. The standard InChI is InChI=1S/C20H18ClN3O2S/c1-11-4-7-17-13(8-11)19-14(10-27-17)18(23-24(19)2)20(25)22-15-9-12(21)5-6-16(15)26-3/h4-9H,10H2,1-3H3,(H,22,25). The first kappa shape index (κ1) is 17.9. The summed E-state index contributed by atoms with van der Waals surface area (Å²) in [5, 5.41) is 7.92. The first-order valence-corrected chi connectivity index (χ1v) is 9.79. The van der Waals surface area contributed by atoms with Crippen LogP contribution in [-0.2, 0) is 12.8 Å². The Morgan fingerprint density at radius 2 is 2.11 bits per heavy atom. The average molecular weight is 400 g/mol. The maximum absolute atomic E-state index is 13.0. The topological polar surface area (TPSA) is 56.1 Å². The quantitative estimate of drug-likeness (QED) is 0.679. The largest absolute Gasteiger partial charge is 0.495 e. The van der Waals surface area contributed by atoms with Gasteiger partial charge in [0.25, 0.3) is 5.91 Å². The van der Waals surface area contributed by atoms with Crippen LogP contribution in [-0.4, -0.2) is 22.8 Å². The van der Waals surface area contributed by atoms with Crippen molar-refractivity contribution < 1.29 is 9.53 Å². The molecule has 0 saturated heterocycles. The van der Waals surface area contributed by atoms with Gasteiger partial charge >= 0.3 is 0 Å². The van der Waals surface area contributed by atoms with Gasteiger partial charge in [0, 0.05) is 33.8 Å². The second-order valence-electron chi connectivity index (χ2n) is 6.39. The highest BCUT2D eigenvalue weighted by molar-refractivity contribution is 7.98. The number of anilines is 1. The number of nitrogens with one attached hydrogen (secondary N) is 1. The van der Waals surface area contributed by atoms with Crippen LogP contribution in [0.4, 0.5) is 5.69 Å². The molecule has 1 amide bonds. The van der Waals surface area contributed by atoms with Gasteiger partial charge in [-0.25, -0.2) is 0 Å². The lowest BCUT2D eigenvalue weighted by molar-refractivity contribution is 0.102. The van der Waals surface area contributed by atoms with Gasteiger partial charge < -0.3 is 10.1 Å². The second kappa shape index (κ2) is 6.94. The Kier molecular flexibility index (Phi) is 4.61. The van der Waals surface area contributed by atoms with Crippen LogP contribution in [0.15, 0.2) is 41.3 Å². The van der Waals surface area contributed by atoms with E-state index in [0.29, 0.717) is 27.9 Å². The molecule has 0 saturated carbocycles. The van der Waals surface area contributed by atoms with Crippen LogP contribution in [0.2, 0.25) is 5.02 Å². The number of amides is 1. The number of hydrogen-bond donors (Lipinski definition) is 1. The Morgan fingerprint density at radius 3 is 2.89 bits per heavy atom. The molecular weight excluding hydrogens is 382 g/mol. The van der Waals surface area contributed by atoms with E-state index < -0.39 is 0 Å². The second-order valence-corrected chi connectivity index (χ2v) is 7.84. The van der Waals surface area contributed by atoms with Crippen molar-refractivity contribution in [3.8, 4) is 17.0 Å². The third kappa shape index (κ3) is 3.19. The first-order chi connectivity index (χ1) is 13.0. The molecular formula is C20H18ClN3O2S. The van der Waals surface area contributed by atoms with Crippen LogP contribution in [0.5, 0.6) is 5.75 Å². The zero-order chi connectivity index (χ0) is 19.1. The van der Waals surface area contributed by atoms with Crippen LogP contribution in [0.3, 0.4) is 0 Å². The Hall–Kier alpha value is -2.44. The summed E-state index contributed by atoms with van der Waals surface area (Å²) < 4.78 is 7.10. The van der Waals surface area contributed by atoms with E-state index in [1.807, 2.05) is 7.05 Å². The summed E-state index contributed by atoms with van der Waals surface area (Å²) >= 11 is 7.79. The molecule has 2 aromatic carbocycles. The molecule has 1 aliphatic heterocycles. The summed E-state index contributed by atoms with van der Waals surface area (Å²) in [6.07, 6.45) is 0. The predicted octanol–water partition coefficient (Wildman–Crippen LogP) is 4.92. The molecule has 0 bridgehead atoms. The Labute approximate surface area is 166 Å². The Bertz CT molecular complexity index is 1060. The highest BCUT2D eigenvalue weighted by Crippen LogP contribution is 2.43. The lowest BCUT2D eigenvalue weighted by Crippen LogP contribution is -2.15. The molecule has 7 heteroatoms. The third-order valence-electron chi connectivity index (χ3n) is 4.53. The molecule has 3 aromatic rings. The number of aromatic nitrogens is 2. The highest BCUT2D eigenvalue weighted by atomic mass is 35.5. The average Bonchev–Trinajstić information content (AvgIpc) is 2.99. The molecule has 138 valence electrons. The molecule has 0 radical (unpaired) electrons. The number of nitrogens with zero attached hydrogens (tertiary/aromatic N) is 2. The van der Waals surface area contributed by atoms with E-state index in [0.717, 1.165) is 16.8 Å². The number of ether oxygens (including phenoxy) is 1. The molecule has 5 nitrogen and oxygen atoms in total. The van der Waals surface area contributed by atoms with Crippen molar-refractivity contribution in [1.82, 2.24) is 9.78 Å². The molecule has 1 aromatic heterocycles. The summed E-state index contributed by atoms with van der Waals surface area (Å²) in [7, 11) is 3.43. The van der Waals surface area contributed by atoms with Gasteiger partial charge in [0.2, 0.25) is 0 Å². The minimum absolute atomic E-state index is 0.274. The smallest absolute Gasteiger partial charge is 0.276 e. The van der Waals surface area contributed by atoms with Crippen molar-refractivity contribution in [3.05, 3.63) is 58.2 Å². The van der Waals surface area contributed by atoms with Crippen LogP contribution in [0.1, 0.15) is 21.6 Å². The lowest BCUT2D eigenvalue weighted by Gasteiger charge is -2.18. The molecule has 27 heavy (non-hydrogen) atoms. The van der Waals surface area contributed by atoms with E-state index in [2.05, 4.69) is 35.5 Å². The summed E-state index contributed by atoms with van der Waals surface area (Å²) in [5.41, 5.74) is 5.19. The Morgan fingerprint density at radius 1 is 1.30 bits per heavy atom. The van der Waals surface area contributed by atoms with Gasteiger partial charge in [-0.2, -0.15) is 5.10 Å². The van der Waals surface area contributed by atoms with E-state index in [1.54, 1.807) is 41.8 Å². The number of rotatable bonds is 3. The number of fused-ring (bicyclic) bond motifs is 3. The number of aryl methyl sites for hydroxylation is 2.